The average molecular weight is 228 g/mol. The minimum atomic E-state index is 0.894. The lowest BCUT2D eigenvalue weighted by Crippen LogP contribution is -1.94. The summed E-state index contributed by atoms with van der Waals surface area (Å²) in [5.74, 6) is 0. The molecule has 0 aliphatic rings. The Morgan fingerprint density at radius 1 is 1.42 bits per heavy atom. The van der Waals surface area contributed by atoms with Crippen molar-refractivity contribution in [1.29, 1.82) is 0 Å². The number of anilines is 1. The first-order valence-corrected chi connectivity index (χ1v) is 5.08. The molecule has 0 aromatic heterocycles. The van der Waals surface area contributed by atoms with Crippen molar-refractivity contribution in [2.75, 3.05) is 5.73 Å². The highest BCUT2D eigenvalue weighted by Crippen LogP contribution is 2.23. The number of nitrogens with two attached hydrogens (primary N) is 1. The standard InChI is InChI=1S/C10H14BrN/c1-2-3-5-8-6-4-7-9(11)10(8)12/h4,6-7H,2-3,5,12H2,1H3. The van der Waals surface area contributed by atoms with Crippen molar-refractivity contribution in [3.8, 4) is 0 Å². The molecule has 1 rings (SSSR count). The molecule has 0 atom stereocenters. The maximum absolute atomic E-state index is 5.88. The SMILES string of the molecule is CCCCc1cccc(Br)c1N. The topological polar surface area (TPSA) is 26.0 Å². The highest BCUT2D eigenvalue weighted by molar-refractivity contribution is 9.10. The van der Waals surface area contributed by atoms with Crippen LogP contribution in [0.2, 0.25) is 0 Å². The molecule has 1 aromatic rings. The number of benzene rings is 1. The first kappa shape index (κ1) is 9.59. The molecule has 12 heavy (non-hydrogen) atoms. The molecule has 0 saturated heterocycles. The summed E-state index contributed by atoms with van der Waals surface area (Å²) < 4.78 is 1.01. The van der Waals surface area contributed by atoms with Crippen LogP contribution in [0, 0.1) is 0 Å². The summed E-state index contributed by atoms with van der Waals surface area (Å²) in [5, 5.41) is 0. The van der Waals surface area contributed by atoms with Crippen molar-refractivity contribution in [1.82, 2.24) is 0 Å². The van der Waals surface area contributed by atoms with Gasteiger partial charge in [-0.05, 0) is 40.4 Å². The van der Waals surface area contributed by atoms with E-state index in [1.54, 1.807) is 0 Å². The number of halogens is 1. The Balaban J connectivity index is 2.78. The average Bonchev–Trinajstić information content (AvgIpc) is 2.08. The van der Waals surface area contributed by atoms with Crippen LogP contribution < -0.4 is 5.73 Å². The summed E-state index contributed by atoms with van der Waals surface area (Å²) in [4.78, 5) is 0. The minimum Gasteiger partial charge on any atom is -0.398 e. The van der Waals surface area contributed by atoms with E-state index in [1.165, 1.54) is 18.4 Å². The van der Waals surface area contributed by atoms with Crippen LogP contribution >= 0.6 is 15.9 Å². The van der Waals surface area contributed by atoms with Gasteiger partial charge in [-0.2, -0.15) is 0 Å². The summed E-state index contributed by atoms with van der Waals surface area (Å²) in [5.41, 5.74) is 8.03. The van der Waals surface area contributed by atoms with Crippen LogP contribution in [0.5, 0.6) is 0 Å². The molecule has 0 saturated carbocycles. The fourth-order valence-corrected chi connectivity index (χ4v) is 1.57. The molecule has 66 valence electrons. The summed E-state index contributed by atoms with van der Waals surface area (Å²) in [6.07, 6.45) is 3.51. The van der Waals surface area contributed by atoms with Crippen molar-refractivity contribution < 1.29 is 0 Å². The fourth-order valence-electron chi connectivity index (χ4n) is 1.17. The van der Waals surface area contributed by atoms with Crippen molar-refractivity contribution in [2.45, 2.75) is 26.2 Å². The zero-order chi connectivity index (χ0) is 8.97. The second-order valence-corrected chi connectivity index (χ2v) is 3.77. The largest absolute Gasteiger partial charge is 0.398 e. The van der Waals surface area contributed by atoms with E-state index in [2.05, 4.69) is 28.9 Å². The molecule has 0 amide bonds. The van der Waals surface area contributed by atoms with Crippen LogP contribution in [0.25, 0.3) is 0 Å². The van der Waals surface area contributed by atoms with E-state index < -0.39 is 0 Å². The Morgan fingerprint density at radius 3 is 2.83 bits per heavy atom. The first-order chi connectivity index (χ1) is 5.75. The molecule has 0 unspecified atom stereocenters. The lowest BCUT2D eigenvalue weighted by atomic mass is 10.1. The summed E-state index contributed by atoms with van der Waals surface area (Å²) in [7, 11) is 0. The first-order valence-electron chi connectivity index (χ1n) is 4.28. The van der Waals surface area contributed by atoms with Gasteiger partial charge in [-0.1, -0.05) is 25.5 Å². The van der Waals surface area contributed by atoms with E-state index in [0.29, 0.717) is 0 Å². The normalized spacial score (nSPS) is 10.2. The van der Waals surface area contributed by atoms with Crippen molar-refractivity contribution in [2.24, 2.45) is 0 Å². The van der Waals surface area contributed by atoms with Crippen LogP contribution in [0.15, 0.2) is 22.7 Å². The number of para-hydroxylation sites is 1. The highest BCUT2D eigenvalue weighted by atomic mass is 79.9. The third-order valence-electron chi connectivity index (χ3n) is 1.94. The van der Waals surface area contributed by atoms with Gasteiger partial charge in [0.25, 0.3) is 0 Å². The molecule has 1 nitrogen and oxygen atoms in total. The Hall–Kier alpha value is -0.500. The van der Waals surface area contributed by atoms with E-state index in [9.17, 15) is 0 Å². The van der Waals surface area contributed by atoms with Crippen molar-refractivity contribution in [3.63, 3.8) is 0 Å². The molecule has 0 bridgehead atoms. The van der Waals surface area contributed by atoms with Crippen LogP contribution in [-0.2, 0) is 6.42 Å². The maximum Gasteiger partial charge on any atom is 0.0491 e. The molecular formula is C10H14BrN. The zero-order valence-corrected chi connectivity index (χ0v) is 8.89. The number of nitrogen functional groups attached to an aromatic ring is 1. The smallest absolute Gasteiger partial charge is 0.0491 e. The molecule has 0 aliphatic heterocycles. The molecule has 1 aromatic carbocycles. The van der Waals surface area contributed by atoms with Gasteiger partial charge in [-0.25, -0.2) is 0 Å². The van der Waals surface area contributed by atoms with Gasteiger partial charge in [-0.15, -0.1) is 0 Å². The summed E-state index contributed by atoms with van der Waals surface area (Å²) >= 11 is 3.41. The molecule has 2 N–H and O–H groups in total. The Labute approximate surface area is 82.1 Å². The maximum atomic E-state index is 5.88. The van der Waals surface area contributed by atoms with Gasteiger partial charge in [0.15, 0.2) is 0 Å². The molecule has 2 heteroatoms. The van der Waals surface area contributed by atoms with Gasteiger partial charge in [0.05, 0.1) is 0 Å². The molecule has 0 heterocycles. The zero-order valence-electron chi connectivity index (χ0n) is 7.31. The summed E-state index contributed by atoms with van der Waals surface area (Å²) in [6, 6.07) is 6.10. The number of rotatable bonds is 3. The van der Waals surface area contributed by atoms with E-state index in [0.717, 1.165) is 16.6 Å². The van der Waals surface area contributed by atoms with Gasteiger partial charge >= 0.3 is 0 Å². The van der Waals surface area contributed by atoms with E-state index in [1.807, 2.05) is 12.1 Å². The third kappa shape index (κ3) is 2.24. The number of unbranched alkanes of at least 4 members (excludes halogenated alkanes) is 1. The quantitative estimate of drug-likeness (QED) is 0.788. The van der Waals surface area contributed by atoms with Gasteiger partial charge in [0.2, 0.25) is 0 Å². The molecular weight excluding hydrogens is 214 g/mol. The van der Waals surface area contributed by atoms with E-state index >= 15 is 0 Å². The van der Waals surface area contributed by atoms with Crippen LogP contribution in [0.3, 0.4) is 0 Å². The van der Waals surface area contributed by atoms with E-state index in [-0.39, 0.29) is 0 Å². The van der Waals surface area contributed by atoms with Crippen molar-refractivity contribution >= 4 is 21.6 Å². The van der Waals surface area contributed by atoms with Crippen molar-refractivity contribution in [3.05, 3.63) is 28.2 Å². The molecule has 0 radical (unpaired) electrons. The lowest BCUT2D eigenvalue weighted by molar-refractivity contribution is 0.796. The van der Waals surface area contributed by atoms with Gasteiger partial charge in [-0.3, -0.25) is 0 Å². The Bertz CT molecular complexity index is 258. The second kappa shape index (κ2) is 4.51. The molecule has 0 fully saturated rings. The van der Waals surface area contributed by atoms with Gasteiger partial charge in [0.1, 0.15) is 0 Å². The minimum absolute atomic E-state index is 0.894. The second-order valence-electron chi connectivity index (χ2n) is 2.92. The van der Waals surface area contributed by atoms with Crippen LogP contribution in [-0.4, -0.2) is 0 Å². The van der Waals surface area contributed by atoms with Crippen LogP contribution in [0.4, 0.5) is 5.69 Å². The predicted octanol–water partition coefficient (Wildman–Crippen LogP) is 3.37. The molecule has 0 spiro atoms. The van der Waals surface area contributed by atoms with E-state index in [4.69, 9.17) is 5.73 Å². The molecule has 0 aliphatic carbocycles. The Kier molecular flexibility index (Phi) is 3.60. The number of hydrogen-bond acceptors (Lipinski definition) is 1. The van der Waals surface area contributed by atoms with Gasteiger partial charge < -0.3 is 5.73 Å². The monoisotopic (exact) mass is 227 g/mol. The summed E-state index contributed by atoms with van der Waals surface area (Å²) in [6.45, 7) is 2.19. The number of hydrogen-bond donors (Lipinski definition) is 1. The predicted molar refractivity (Wildman–Crippen MR) is 57.2 cm³/mol. The number of aryl methyl sites for hydroxylation is 1. The lowest BCUT2D eigenvalue weighted by Gasteiger charge is -2.05. The van der Waals surface area contributed by atoms with Crippen LogP contribution in [0.1, 0.15) is 25.3 Å². The highest BCUT2D eigenvalue weighted by Gasteiger charge is 2.00. The van der Waals surface area contributed by atoms with Gasteiger partial charge in [0, 0.05) is 10.2 Å². The Morgan fingerprint density at radius 2 is 2.17 bits per heavy atom. The third-order valence-corrected chi connectivity index (χ3v) is 2.63. The fraction of sp³-hybridized carbons (Fsp3) is 0.400.